The molecule has 26 heavy (non-hydrogen) atoms. The number of likely N-dealkylation sites (N-methyl/N-ethyl adjacent to an activating group) is 1. The standard InChI is InChI=1S/C21H25NO4/c1-4-25-21(23)18-12-17-16(13-22(18)2)10-11-19(24-3)20(17)26-14-15-8-6-5-7-9-15/h5-11,18H,4,12-14H2,1-3H3/t18-/m0/s1. The van der Waals surface area contributed by atoms with E-state index in [1.807, 2.05) is 61.3 Å². The molecule has 0 amide bonds. The zero-order valence-corrected chi connectivity index (χ0v) is 15.5. The number of rotatable bonds is 6. The van der Waals surface area contributed by atoms with E-state index in [1.54, 1.807) is 7.11 Å². The normalized spacial score (nSPS) is 16.7. The van der Waals surface area contributed by atoms with Gasteiger partial charge in [-0.25, -0.2) is 0 Å². The minimum Gasteiger partial charge on any atom is -0.493 e. The lowest BCUT2D eigenvalue weighted by molar-refractivity contribution is -0.149. The Labute approximate surface area is 154 Å². The van der Waals surface area contributed by atoms with Crippen molar-refractivity contribution in [1.29, 1.82) is 0 Å². The number of hydrogen-bond donors (Lipinski definition) is 0. The van der Waals surface area contributed by atoms with E-state index in [0.717, 1.165) is 22.4 Å². The number of esters is 1. The molecular weight excluding hydrogens is 330 g/mol. The van der Waals surface area contributed by atoms with Crippen molar-refractivity contribution in [3.05, 3.63) is 59.2 Å². The van der Waals surface area contributed by atoms with Crippen molar-refractivity contribution >= 4 is 5.97 Å². The molecule has 0 unspecified atom stereocenters. The number of nitrogens with zero attached hydrogens (tertiary/aromatic N) is 1. The number of carbonyl (C=O) groups excluding carboxylic acids is 1. The van der Waals surface area contributed by atoms with Crippen LogP contribution in [-0.4, -0.2) is 37.7 Å². The summed E-state index contributed by atoms with van der Waals surface area (Å²) < 4.78 is 16.9. The maximum atomic E-state index is 12.3. The third kappa shape index (κ3) is 3.83. The number of methoxy groups -OCH3 is 1. The number of hydrogen-bond acceptors (Lipinski definition) is 5. The lowest BCUT2D eigenvalue weighted by Gasteiger charge is -2.33. The van der Waals surface area contributed by atoms with E-state index in [4.69, 9.17) is 14.2 Å². The Hall–Kier alpha value is -2.53. The van der Waals surface area contributed by atoms with Gasteiger partial charge in [0.1, 0.15) is 12.6 Å². The van der Waals surface area contributed by atoms with Crippen molar-refractivity contribution in [2.24, 2.45) is 0 Å². The molecule has 5 nitrogen and oxygen atoms in total. The molecular formula is C21H25NO4. The topological polar surface area (TPSA) is 48.0 Å². The fraction of sp³-hybridized carbons (Fsp3) is 0.381. The number of ether oxygens (including phenoxy) is 3. The van der Waals surface area contributed by atoms with Crippen LogP contribution in [0.3, 0.4) is 0 Å². The van der Waals surface area contributed by atoms with Gasteiger partial charge in [0.15, 0.2) is 11.5 Å². The minimum absolute atomic E-state index is 0.197. The molecule has 1 aliphatic heterocycles. The first-order valence-corrected chi connectivity index (χ1v) is 8.86. The van der Waals surface area contributed by atoms with Gasteiger partial charge in [0.2, 0.25) is 0 Å². The van der Waals surface area contributed by atoms with Crippen LogP contribution < -0.4 is 9.47 Å². The van der Waals surface area contributed by atoms with E-state index in [0.29, 0.717) is 31.9 Å². The zero-order chi connectivity index (χ0) is 18.5. The van der Waals surface area contributed by atoms with Crippen LogP contribution >= 0.6 is 0 Å². The Bertz CT molecular complexity index is 760. The van der Waals surface area contributed by atoms with Gasteiger partial charge in [-0.1, -0.05) is 36.4 Å². The van der Waals surface area contributed by atoms with Crippen molar-refractivity contribution in [1.82, 2.24) is 4.90 Å². The number of carbonyl (C=O) groups is 1. The van der Waals surface area contributed by atoms with Gasteiger partial charge in [-0.05, 0) is 31.2 Å². The average molecular weight is 355 g/mol. The van der Waals surface area contributed by atoms with Gasteiger partial charge in [0, 0.05) is 18.5 Å². The van der Waals surface area contributed by atoms with E-state index in [9.17, 15) is 4.79 Å². The molecule has 2 aromatic carbocycles. The maximum absolute atomic E-state index is 12.3. The summed E-state index contributed by atoms with van der Waals surface area (Å²) in [7, 11) is 3.58. The molecule has 0 aliphatic carbocycles. The van der Waals surface area contributed by atoms with Crippen LogP contribution in [0, 0.1) is 0 Å². The molecule has 138 valence electrons. The molecule has 0 fully saturated rings. The molecule has 1 atom stereocenters. The van der Waals surface area contributed by atoms with Gasteiger partial charge in [0.05, 0.1) is 13.7 Å². The highest BCUT2D eigenvalue weighted by atomic mass is 16.5. The third-order valence-corrected chi connectivity index (χ3v) is 4.68. The van der Waals surface area contributed by atoms with Crippen LogP contribution in [0.4, 0.5) is 0 Å². The molecule has 0 saturated carbocycles. The molecule has 0 radical (unpaired) electrons. The molecule has 5 heteroatoms. The Balaban J connectivity index is 1.89. The van der Waals surface area contributed by atoms with Gasteiger partial charge in [0.25, 0.3) is 0 Å². The second-order valence-corrected chi connectivity index (χ2v) is 6.40. The fourth-order valence-electron chi connectivity index (χ4n) is 3.30. The molecule has 3 rings (SSSR count). The molecule has 1 aliphatic rings. The first kappa shape index (κ1) is 18.3. The second-order valence-electron chi connectivity index (χ2n) is 6.40. The van der Waals surface area contributed by atoms with Crippen LogP contribution in [0.1, 0.15) is 23.6 Å². The summed E-state index contributed by atoms with van der Waals surface area (Å²) in [5.41, 5.74) is 3.26. The quantitative estimate of drug-likeness (QED) is 0.745. The smallest absolute Gasteiger partial charge is 0.323 e. The monoisotopic (exact) mass is 355 g/mol. The SMILES string of the molecule is CCOC(=O)[C@@H]1Cc2c(ccc(OC)c2OCc2ccccc2)CN1C. The first-order valence-electron chi connectivity index (χ1n) is 8.86. The van der Waals surface area contributed by atoms with E-state index < -0.39 is 0 Å². The Kier molecular flexibility index (Phi) is 5.78. The van der Waals surface area contributed by atoms with Crippen molar-refractivity contribution in [2.75, 3.05) is 20.8 Å². The Morgan fingerprint density at radius 1 is 1.19 bits per heavy atom. The number of fused-ring (bicyclic) bond motifs is 1. The Morgan fingerprint density at radius 3 is 2.65 bits per heavy atom. The maximum Gasteiger partial charge on any atom is 0.323 e. The van der Waals surface area contributed by atoms with Crippen molar-refractivity contribution < 1.29 is 19.0 Å². The highest BCUT2D eigenvalue weighted by Crippen LogP contribution is 2.38. The summed E-state index contributed by atoms with van der Waals surface area (Å²) in [5, 5.41) is 0. The van der Waals surface area contributed by atoms with Gasteiger partial charge >= 0.3 is 5.97 Å². The molecule has 0 aromatic heterocycles. The zero-order valence-electron chi connectivity index (χ0n) is 15.5. The lowest BCUT2D eigenvalue weighted by Crippen LogP contribution is -2.44. The molecule has 0 bridgehead atoms. The summed E-state index contributed by atoms with van der Waals surface area (Å²) in [6.45, 7) is 3.33. The van der Waals surface area contributed by atoms with Gasteiger partial charge in [-0.3, -0.25) is 9.69 Å². The van der Waals surface area contributed by atoms with Crippen LogP contribution in [0.15, 0.2) is 42.5 Å². The summed E-state index contributed by atoms with van der Waals surface area (Å²) in [6, 6.07) is 13.7. The van der Waals surface area contributed by atoms with Crippen molar-refractivity contribution in [3.63, 3.8) is 0 Å². The summed E-state index contributed by atoms with van der Waals surface area (Å²) in [6.07, 6.45) is 0.548. The van der Waals surface area contributed by atoms with Crippen LogP contribution in [0.2, 0.25) is 0 Å². The summed E-state index contributed by atoms with van der Waals surface area (Å²) >= 11 is 0. The summed E-state index contributed by atoms with van der Waals surface area (Å²) in [5.74, 6) is 1.21. The predicted molar refractivity (Wildman–Crippen MR) is 99.4 cm³/mol. The van der Waals surface area contributed by atoms with E-state index >= 15 is 0 Å². The second kappa shape index (κ2) is 8.23. The van der Waals surface area contributed by atoms with Crippen molar-refractivity contribution in [2.45, 2.75) is 32.5 Å². The van der Waals surface area contributed by atoms with Crippen LogP contribution in [-0.2, 0) is 29.1 Å². The first-order chi connectivity index (χ1) is 12.6. The molecule has 0 spiro atoms. The highest BCUT2D eigenvalue weighted by Gasteiger charge is 2.33. The van der Waals surface area contributed by atoms with E-state index in [1.165, 1.54) is 0 Å². The minimum atomic E-state index is -0.311. The highest BCUT2D eigenvalue weighted by molar-refractivity contribution is 5.77. The van der Waals surface area contributed by atoms with Crippen LogP contribution in [0.5, 0.6) is 11.5 Å². The largest absolute Gasteiger partial charge is 0.493 e. The van der Waals surface area contributed by atoms with Crippen molar-refractivity contribution in [3.8, 4) is 11.5 Å². The van der Waals surface area contributed by atoms with Gasteiger partial charge in [-0.2, -0.15) is 0 Å². The van der Waals surface area contributed by atoms with Crippen LogP contribution in [0.25, 0.3) is 0 Å². The molecule has 1 heterocycles. The average Bonchev–Trinajstić information content (AvgIpc) is 2.66. The summed E-state index contributed by atoms with van der Waals surface area (Å²) in [4.78, 5) is 14.3. The molecule has 2 aromatic rings. The lowest BCUT2D eigenvalue weighted by atomic mass is 9.93. The molecule has 0 saturated heterocycles. The fourth-order valence-corrected chi connectivity index (χ4v) is 3.30. The third-order valence-electron chi connectivity index (χ3n) is 4.68. The molecule has 0 N–H and O–H groups in total. The van der Waals surface area contributed by atoms with Gasteiger partial charge in [-0.15, -0.1) is 0 Å². The van der Waals surface area contributed by atoms with Gasteiger partial charge < -0.3 is 14.2 Å². The van der Waals surface area contributed by atoms with E-state index in [-0.39, 0.29) is 12.0 Å². The number of benzene rings is 2. The van der Waals surface area contributed by atoms with E-state index in [2.05, 4.69) is 0 Å². The Morgan fingerprint density at radius 2 is 1.96 bits per heavy atom. The predicted octanol–water partition coefficient (Wildman–Crippen LogP) is 3.19.